The van der Waals surface area contributed by atoms with Gasteiger partial charge in [0.2, 0.25) is 0 Å². The smallest absolute Gasteiger partial charge is 0.380 e. The van der Waals surface area contributed by atoms with Crippen LogP contribution in [0.25, 0.3) is 10.1 Å². The van der Waals surface area contributed by atoms with E-state index in [-0.39, 0.29) is 17.3 Å². The molecule has 0 atom stereocenters. The van der Waals surface area contributed by atoms with Crippen molar-refractivity contribution in [3.63, 3.8) is 0 Å². The molecule has 0 bridgehead atoms. The van der Waals surface area contributed by atoms with Crippen LogP contribution >= 0.6 is 11.3 Å². The van der Waals surface area contributed by atoms with Gasteiger partial charge in [-0.1, -0.05) is 6.07 Å². The Kier molecular flexibility index (Phi) is 3.43. The van der Waals surface area contributed by atoms with Crippen molar-refractivity contribution < 1.29 is 18.7 Å². The van der Waals surface area contributed by atoms with Crippen LogP contribution in [0.15, 0.2) is 18.2 Å². The Hall–Kier alpha value is -1.75. The van der Waals surface area contributed by atoms with Gasteiger partial charge in [-0.3, -0.25) is 4.79 Å². The Bertz CT molecular complexity index is 630. The van der Waals surface area contributed by atoms with Gasteiger partial charge in [0.15, 0.2) is 0 Å². The summed E-state index contributed by atoms with van der Waals surface area (Å²) in [6, 6.07) is 4.63. The molecule has 0 radical (unpaired) electrons. The molecule has 0 fully saturated rings. The minimum Gasteiger partial charge on any atom is -0.460 e. The van der Waals surface area contributed by atoms with Gasteiger partial charge < -0.3 is 4.74 Å². The molecular formula is C13H11FO3S. The van der Waals surface area contributed by atoms with Crippen molar-refractivity contribution in [2.24, 2.45) is 0 Å². The normalized spacial score (nSPS) is 10.6. The molecule has 2 aromatic rings. The third kappa shape index (κ3) is 2.01. The predicted molar refractivity (Wildman–Crippen MR) is 67.5 cm³/mol. The van der Waals surface area contributed by atoms with Crippen LogP contribution in [0.1, 0.15) is 22.2 Å². The highest BCUT2D eigenvalue weighted by Gasteiger charge is 2.24. The molecule has 1 heterocycles. The van der Waals surface area contributed by atoms with Crippen LogP contribution in [0.5, 0.6) is 0 Å². The van der Waals surface area contributed by atoms with E-state index in [9.17, 15) is 14.0 Å². The number of hydrogen-bond acceptors (Lipinski definition) is 4. The fourth-order valence-corrected chi connectivity index (χ4v) is 2.91. The maximum absolute atomic E-state index is 13.7. The lowest BCUT2D eigenvalue weighted by Crippen LogP contribution is -2.17. The van der Waals surface area contributed by atoms with E-state index in [1.165, 1.54) is 6.07 Å². The molecule has 0 amide bonds. The number of hydrogen-bond donors (Lipinski definition) is 0. The Morgan fingerprint density at radius 1 is 1.39 bits per heavy atom. The van der Waals surface area contributed by atoms with Crippen LogP contribution in [0.4, 0.5) is 4.39 Å². The second-order valence-electron chi connectivity index (χ2n) is 3.72. The van der Waals surface area contributed by atoms with E-state index in [0.29, 0.717) is 15.6 Å². The van der Waals surface area contributed by atoms with E-state index in [1.54, 1.807) is 26.0 Å². The predicted octanol–water partition coefficient (Wildman–Crippen LogP) is 3.09. The number of carbonyl (C=O) groups is 2. The number of fused-ring (bicyclic) bond motifs is 1. The zero-order valence-corrected chi connectivity index (χ0v) is 10.8. The largest absolute Gasteiger partial charge is 0.460 e. The maximum atomic E-state index is 13.7. The van der Waals surface area contributed by atoms with Gasteiger partial charge in [0, 0.05) is 10.1 Å². The zero-order chi connectivity index (χ0) is 13.3. The lowest BCUT2D eigenvalue weighted by atomic mass is 10.1. The summed E-state index contributed by atoms with van der Waals surface area (Å²) in [5, 5.41) is 0.398. The molecule has 0 aliphatic carbocycles. The summed E-state index contributed by atoms with van der Waals surface area (Å²) in [7, 11) is 0. The molecule has 18 heavy (non-hydrogen) atoms. The van der Waals surface area contributed by atoms with Gasteiger partial charge in [-0.25, -0.2) is 9.18 Å². The molecule has 0 unspecified atom stereocenters. The van der Waals surface area contributed by atoms with Crippen LogP contribution in [-0.4, -0.2) is 18.4 Å². The number of rotatable bonds is 3. The van der Waals surface area contributed by atoms with Gasteiger partial charge in [-0.15, -0.1) is 11.3 Å². The quantitative estimate of drug-likeness (QED) is 0.487. The highest BCUT2D eigenvalue weighted by molar-refractivity contribution is 7.21. The van der Waals surface area contributed by atoms with E-state index in [1.807, 2.05) is 0 Å². The molecule has 0 N–H and O–H groups in total. The van der Waals surface area contributed by atoms with Crippen molar-refractivity contribution in [1.82, 2.24) is 0 Å². The summed E-state index contributed by atoms with van der Waals surface area (Å²) in [5.74, 6) is -1.99. The van der Waals surface area contributed by atoms with Crippen molar-refractivity contribution >= 4 is 33.2 Å². The SMILES string of the molecule is CCOC(=O)C(=O)c1sc2cccc(F)c2c1C. The van der Waals surface area contributed by atoms with Crippen LogP contribution in [0.3, 0.4) is 0 Å². The van der Waals surface area contributed by atoms with E-state index < -0.39 is 11.8 Å². The van der Waals surface area contributed by atoms with Crippen molar-refractivity contribution in [2.75, 3.05) is 6.61 Å². The summed E-state index contributed by atoms with van der Waals surface area (Å²) in [4.78, 5) is 23.5. The van der Waals surface area contributed by atoms with E-state index in [2.05, 4.69) is 4.74 Å². The van der Waals surface area contributed by atoms with Crippen LogP contribution in [0, 0.1) is 12.7 Å². The molecule has 1 aromatic heterocycles. The monoisotopic (exact) mass is 266 g/mol. The van der Waals surface area contributed by atoms with Crippen LogP contribution in [0.2, 0.25) is 0 Å². The zero-order valence-electron chi connectivity index (χ0n) is 9.95. The van der Waals surface area contributed by atoms with Gasteiger partial charge >= 0.3 is 5.97 Å². The number of carbonyl (C=O) groups excluding carboxylic acids is 2. The summed E-state index contributed by atoms with van der Waals surface area (Å²) in [5.41, 5.74) is 0.492. The number of esters is 1. The van der Waals surface area contributed by atoms with Gasteiger partial charge in [0.05, 0.1) is 11.5 Å². The molecular weight excluding hydrogens is 255 g/mol. The van der Waals surface area contributed by atoms with Gasteiger partial charge in [-0.2, -0.15) is 0 Å². The molecule has 0 aliphatic heterocycles. The molecule has 0 spiro atoms. The first-order chi connectivity index (χ1) is 8.56. The maximum Gasteiger partial charge on any atom is 0.380 e. The van der Waals surface area contributed by atoms with Gasteiger partial charge in [-0.05, 0) is 31.5 Å². The molecule has 0 aliphatic rings. The summed E-state index contributed by atoms with van der Waals surface area (Å²) in [6.07, 6.45) is 0. The number of ketones is 1. The average Bonchev–Trinajstić information content (AvgIpc) is 2.67. The number of Topliss-reactive ketones (excluding diaryl/α,β-unsaturated/α-hetero) is 1. The molecule has 0 saturated carbocycles. The fourth-order valence-electron chi connectivity index (χ4n) is 1.76. The molecule has 5 heteroatoms. The third-order valence-electron chi connectivity index (χ3n) is 2.57. The van der Waals surface area contributed by atoms with Gasteiger partial charge in [0.1, 0.15) is 5.82 Å². The lowest BCUT2D eigenvalue weighted by Gasteiger charge is -1.99. The van der Waals surface area contributed by atoms with Crippen molar-refractivity contribution in [2.45, 2.75) is 13.8 Å². The second kappa shape index (κ2) is 4.86. The van der Waals surface area contributed by atoms with E-state index >= 15 is 0 Å². The number of halogens is 1. The fraction of sp³-hybridized carbons (Fsp3) is 0.231. The standard InChI is InChI=1S/C13H11FO3S/c1-3-17-13(16)11(15)12-7(2)10-8(14)5-4-6-9(10)18-12/h4-6H,3H2,1-2H3. The molecule has 2 rings (SSSR count). The van der Waals surface area contributed by atoms with E-state index in [0.717, 1.165) is 11.3 Å². The third-order valence-corrected chi connectivity index (χ3v) is 3.83. The topological polar surface area (TPSA) is 43.4 Å². The first-order valence-electron chi connectivity index (χ1n) is 5.45. The Morgan fingerprint density at radius 2 is 2.11 bits per heavy atom. The van der Waals surface area contributed by atoms with Crippen molar-refractivity contribution in [1.29, 1.82) is 0 Å². The number of ether oxygens (including phenoxy) is 1. The van der Waals surface area contributed by atoms with E-state index in [4.69, 9.17) is 0 Å². The first kappa shape index (κ1) is 12.7. The highest BCUT2D eigenvalue weighted by Crippen LogP contribution is 2.32. The summed E-state index contributed by atoms with van der Waals surface area (Å²) >= 11 is 1.11. The lowest BCUT2D eigenvalue weighted by molar-refractivity contribution is -0.137. The molecule has 1 aromatic carbocycles. The van der Waals surface area contributed by atoms with Crippen molar-refractivity contribution in [3.05, 3.63) is 34.5 Å². The average molecular weight is 266 g/mol. The molecule has 0 saturated heterocycles. The Morgan fingerprint density at radius 3 is 2.72 bits per heavy atom. The van der Waals surface area contributed by atoms with Crippen molar-refractivity contribution in [3.8, 4) is 0 Å². The Labute approximate surface area is 107 Å². The number of thiophene rings is 1. The summed E-state index contributed by atoms with van der Waals surface area (Å²) in [6.45, 7) is 3.40. The highest BCUT2D eigenvalue weighted by atomic mass is 32.1. The minimum absolute atomic E-state index is 0.142. The number of benzene rings is 1. The summed E-state index contributed by atoms with van der Waals surface area (Å²) < 4.78 is 19.0. The first-order valence-corrected chi connectivity index (χ1v) is 6.27. The van der Waals surface area contributed by atoms with Gasteiger partial charge in [0.25, 0.3) is 5.78 Å². The number of aryl methyl sites for hydroxylation is 1. The Balaban J connectivity index is 2.53. The minimum atomic E-state index is -0.896. The molecule has 3 nitrogen and oxygen atoms in total. The molecule has 94 valence electrons. The van der Waals surface area contributed by atoms with Crippen LogP contribution in [-0.2, 0) is 9.53 Å². The van der Waals surface area contributed by atoms with Crippen LogP contribution < -0.4 is 0 Å². The second-order valence-corrected chi connectivity index (χ2v) is 4.77.